The van der Waals surface area contributed by atoms with E-state index in [4.69, 9.17) is 4.74 Å². The van der Waals surface area contributed by atoms with Crippen LogP contribution in [0.2, 0.25) is 0 Å². The number of nitrogens with one attached hydrogen (secondary N) is 2. The summed E-state index contributed by atoms with van der Waals surface area (Å²) in [6.45, 7) is 2.53. The molecule has 4 aromatic carbocycles. The summed E-state index contributed by atoms with van der Waals surface area (Å²) in [5.41, 5.74) is 3.89. The third-order valence-corrected chi connectivity index (χ3v) is 8.05. The third kappa shape index (κ3) is 8.11. The van der Waals surface area contributed by atoms with Crippen molar-refractivity contribution in [3.63, 3.8) is 0 Å². The first-order valence-electron chi connectivity index (χ1n) is 15.4. The summed E-state index contributed by atoms with van der Waals surface area (Å²) >= 11 is 0. The molecule has 0 fully saturated rings. The Balaban J connectivity index is 1.46. The fraction of sp³-hybridized carbons (Fsp3) is 0.189. The molecule has 0 aliphatic rings. The lowest BCUT2D eigenvalue weighted by Crippen LogP contribution is -2.57. The number of hydrogen-bond donors (Lipinski definition) is 3. The van der Waals surface area contributed by atoms with Crippen LogP contribution < -0.4 is 14.5 Å². The molecule has 0 bridgehead atoms. The Bertz CT molecular complexity index is 1690. The standard InChI is InChI=1S/C37H37N5O5/c1-2-42(31-14-8-4-9-15-31,32-16-10-5-11-17-32)35(43)25-41(36(44)34(40-37(45)46)22-30-23-38-27-39-30)24-28-18-20-33(21-19-28)47-26-29-12-6-3-7-13-29/h3-21,23,27,34,40H,2,22,24-26H2,1H3,(H-,38,39,45,46)/p+1. The first-order valence-corrected chi connectivity index (χ1v) is 15.4. The van der Waals surface area contributed by atoms with Gasteiger partial charge in [-0.1, -0.05) is 78.9 Å². The summed E-state index contributed by atoms with van der Waals surface area (Å²) in [7, 11) is 0. The maximum absolute atomic E-state index is 14.6. The molecule has 1 heterocycles. The Morgan fingerprint density at radius 1 is 0.851 bits per heavy atom. The lowest BCUT2D eigenvalue weighted by Gasteiger charge is -2.36. The van der Waals surface area contributed by atoms with E-state index in [9.17, 15) is 19.5 Å². The van der Waals surface area contributed by atoms with Gasteiger partial charge in [0.1, 0.15) is 36.3 Å². The fourth-order valence-corrected chi connectivity index (χ4v) is 5.68. The molecule has 0 aliphatic heterocycles. The molecule has 10 nitrogen and oxygen atoms in total. The number of para-hydroxylation sites is 2. The van der Waals surface area contributed by atoms with Gasteiger partial charge in [-0.3, -0.25) is 4.79 Å². The lowest BCUT2D eigenvalue weighted by molar-refractivity contribution is -0.140. The average Bonchev–Trinajstić information content (AvgIpc) is 3.62. The SMILES string of the molecule is CC[N+](C(=O)CN(Cc1ccc(OCc2ccccc2)cc1)C(=O)C(Cc1cnc[nH]1)NC(=O)O)(c1ccccc1)c1ccccc1. The minimum absolute atomic E-state index is 0.0350. The van der Waals surface area contributed by atoms with E-state index >= 15 is 0 Å². The van der Waals surface area contributed by atoms with Crippen molar-refractivity contribution in [3.05, 3.63) is 145 Å². The molecule has 240 valence electrons. The molecule has 0 radical (unpaired) electrons. The van der Waals surface area contributed by atoms with Crippen molar-refractivity contribution in [2.75, 3.05) is 13.1 Å². The number of rotatable bonds is 14. The molecule has 1 atom stereocenters. The van der Waals surface area contributed by atoms with E-state index in [1.807, 2.05) is 122 Å². The summed E-state index contributed by atoms with van der Waals surface area (Å²) in [5, 5.41) is 12.0. The smallest absolute Gasteiger partial charge is 0.405 e. The zero-order valence-corrected chi connectivity index (χ0v) is 26.2. The summed E-state index contributed by atoms with van der Waals surface area (Å²) in [6, 6.07) is 34.9. The molecule has 0 aliphatic carbocycles. The van der Waals surface area contributed by atoms with Crippen molar-refractivity contribution in [1.29, 1.82) is 0 Å². The second kappa shape index (κ2) is 15.5. The van der Waals surface area contributed by atoms with E-state index in [2.05, 4.69) is 15.3 Å². The Hall–Kier alpha value is -5.74. The highest BCUT2D eigenvalue weighted by Gasteiger charge is 2.42. The quantitative estimate of drug-likeness (QED) is 0.128. The minimum Gasteiger partial charge on any atom is -0.489 e. The summed E-state index contributed by atoms with van der Waals surface area (Å²) in [5.74, 6) is -0.113. The van der Waals surface area contributed by atoms with Crippen LogP contribution in [-0.4, -0.2) is 57.0 Å². The van der Waals surface area contributed by atoms with Crippen LogP contribution in [0.15, 0.2) is 128 Å². The predicted octanol–water partition coefficient (Wildman–Crippen LogP) is 6.08. The normalized spacial score (nSPS) is 11.8. The number of H-pyrrole nitrogens is 1. The number of carbonyl (C=O) groups is 3. The van der Waals surface area contributed by atoms with Crippen LogP contribution in [0.1, 0.15) is 23.7 Å². The van der Waals surface area contributed by atoms with Gasteiger partial charge in [0.25, 0.3) is 0 Å². The van der Waals surface area contributed by atoms with Crippen LogP contribution in [0.4, 0.5) is 16.2 Å². The molecule has 0 spiro atoms. The summed E-state index contributed by atoms with van der Waals surface area (Å²) in [4.78, 5) is 49.1. The van der Waals surface area contributed by atoms with Gasteiger partial charge < -0.3 is 25.0 Å². The van der Waals surface area contributed by atoms with Crippen molar-refractivity contribution in [2.24, 2.45) is 0 Å². The molecular formula is C37H38N5O5+. The highest BCUT2D eigenvalue weighted by Crippen LogP contribution is 2.35. The van der Waals surface area contributed by atoms with Crippen LogP contribution in [0.25, 0.3) is 0 Å². The van der Waals surface area contributed by atoms with Gasteiger partial charge in [0, 0.05) is 49.1 Å². The number of aromatic nitrogens is 2. The molecule has 1 unspecified atom stereocenters. The van der Waals surface area contributed by atoms with Gasteiger partial charge in [-0.05, 0) is 30.2 Å². The van der Waals surface area contributed by atoms with E-state index < -0.39 is 18.0 Å². The number of aromatic amines is 1. The Kier molecular flexibility index (Phi) is 10.8. The highest BCUT2D eigenvalue weighted by atomic mass is 16.5. The predicted molar refractivity (Wildman–Crippen MR) is 180 cm³/mol. The van der Waals surface area contributed by atoms with Crippen molar-refractivity contribution in [3.8, 4) is 5.75 Å². The maximum atomic E-state index is 14.6. The van der Waals surface area contributed by atoms with Gasteiger partial charge >= 0.3 is 12.0 Å². The molecular weight excluding hydrogens is 594 g/mol. The van der Waals surface area contributed by atoms with Gasteiger partial charge in [-0.25, -0.2) is 14.6 Å². The zero-order chi connectivity index (χ0) is 33.1. The van der Waals surface area contributed by atoms with Crippen LogP contribution >= 0.6 is 0 Å². The molecule has 47 heavy (non-hydrogen) atoms. The van der Waals surface area contributed by atoms with Gasteiger partial charge in [-0.2, -0.15) is 4.48 Å². The van der Waals surface area contributed by atoms with Gasteiger partial charge in [0.2, 0.25) is 5.91 Å². The zero-order valence-electron chi connectivity index (χ0n) is 26.2. The number of carbonyl (C=O) groups excluding carboxylic acids is 2. The maximum Gasteiger partial charge on any atom is 0.405 e. The summed E-state index contributed by atoms with van der Waals surface area (Å²) in [6.07, 6.45) is 1.69. The number of likely N-dealkylation sites (N-methyl/N-ethyl adjacent to an activating group) is 1. The minimum atomic E-state index is -1.35. The average molecular weight is 633 g/mol. The van der Waals surface area contributed by atoms with Crippen molar-refractivity contribution >= 4 is 29.3 Å². The third-order valence-electron chi connectivity index (χ3n) is 8.05. The first-order chi connectivity index (χ1) is 22.9. The van der Waals surface area contributed by atoms with Crippen LogP contribution in [0, 0.1) is 0 Å². The second-order valence-corrected chi connectivity index (χ2v) is 11.1. The van der Waals surface area contributed by atoms with E-state index in [-0.39, 0.29) is 29.9 Å². The Morgan fingerprint density at radius 3 is 1.98 bits per heavy atom. The van der Waals surface area contributed by atoms with E-state index in [0.29, 0.717) is 24.6 Å². The number of carboxylic acid groups (broad SMARTS) is 1. The molecule has 0 saturated carbocycles. The molecule has 0 saturated heterocycles. The molecule has 1 aromatic heterocycles. The molecule has 10 heteroatoms. The number of nitrogens with zero attached hydrogens (tertiary/aromatic N) is 3. The number of imidazole rings is 1. The number of quaternary nitrogens is 1. The number of ether oxygens (including phenoxy) is 1. The lowest BCUT2D eigenvalue weighted by atomic mass is 10.1. The van der Waals surface area contributed by atoms with Gasteiger partial charge in [0.05, 0.1) is 12.9 Å². The van der Waals surface area contributed by atoms with E-state index in [1.165, 1.54) is 17.4 Å². The first kappa shape index (κ1) is 32.6. The van der Waals surface area contributed by atoms with Crippen LogP contribution in [-0.2, 0) is 29.2 Å². The van der Waals surface area contributed by atoms with E-state index in [1.54, 1.807) is 0 Å². The Morgan fingerprint density at radius 2 is 1.45 bits per heavy atom. The number of benzene rings is 4. The fourth-order valence-electron chi connectivity index (χ4n) is 5.68. The molecule has 5 rings (SSSR count). The number of hydrogen-bond acceptors (Lipinski definition) is 5. The summed E-state index contributed by atoms with van der Waals surface area (Å²) < 4.78 is 5.81. The van der Waals surface area contributed by atoms with Crippen molar-refractivity contribution < 1.29 is 24.2 Å². The van der Waals surface area contributed by atoms with Crippen LogP contribution in [0.5, 0.6) is 5.75 Å². The number of amides is 3. The van der Waals surface area contributed by atoms with E-state index in [0.717, 1.165) is 22.5 Å². The highest BCUT2D eigenvalue weighted by molar-refractivity contribution is 5.98. The topological polar surface area (TPSA) is 125 Å². The second-order valence-electron chi connectivity index (χ2n) is 11.1. The molecule has 3 amide bonds. The molecule has 3 N–H and O–H groups in total. The van der Waals surface area contributed by atoms with Crippen LogP contribution in [0.3, 0.4) is 0 Å². The van der Waals surface area contributed by atoms with Gasteiger partial charge in [0.15, 0.2) is 0 Å². The van der Waals surface area contributed by atoms with Crippen molar-refractivity contribution in [1.82, 2.24) is 24.7 Å². The molecule has 5 aromatic rings. The van der Waals surface area contributed by atoms with Gasteiger partial charge in [-0.15, -0.1) is 0 Å². The van der Waals surface area contributed by atoms with Crippen molar-refractivity contribution in [2.45, 2.75) is 32.5 Å². The Labute approximate surface area is 273 Å². The monoisotopic (exact) mass is 632 g/mol. The largest absolute Gasteiger partial charge is 0.489 e.